The summed E-state index contributed by atoms with van der Waals surface area (Å²) < 4.78 is 0. The van der Waals surface area contributed by atoms with Crippen LogP contribution in [-0.4, -0.2) is 31.1 Å². The number of hydrogen-bond acceptors (Lipinski definition) is 2. The Balaban J connectivity index is 0.00000132. The number of fused-ring (bicyclic) bond motifs is 1. The van der Waals surface area contributed by atoms with Gasteiger partial charge < -0.3 is 5.32 Å². The monoisotopic (exact) mass is 352 g/mol. The van der Waals surface area contributed by atoms with Crippen molar-refractivity contribution in [2.24, 2.45) is 0 Å². The molecule has 1 aliphatic heterocycles. The van der Waals surface area contributed by atoms with E-state index in [1.165, 1.54) is 21.9 Å². The van der Waals surface area contributed by atoms with E-state index in [4.69, 9.17) is 0 Å². The van der Waals surface area contributed by atoms with Crippen LogP contribution in [0.2, 0.25) is 0 Å². The standard InChI is InChI=1S/C19H24N2.2ClH/c1-3-6-19(21-13-11-20-12-14-21)18-10-9-15(2)16-7-4-5-8-17(16)18;;/h3-5,7-10,19-20H,1,6,11-14H2,2H3;2*1H/t19-;;/m0../s1. The minimum Gasteiger partial charge on any atom is -0.314 e. The number of rotatable bonds is 4. The average Bonchev–Trinajstić information content (AvgIpc) is 2.55. The van der Waals surface area contributed by atoms with Gasteiger partial charge in [0.25, 0.3) is 0 Å². The summed E-state index contributed by atoms with van der Waals surface area (Å²) in [6.45, 7) is 10.6. The van der Waals surface area contributed by atoms with Crippen LogP contribution >= 0.6 is 24.8 Å². The Labute approximate surface area is 151 Å². The SMILES string of the molecule is C=CC[C@@H](c1ccc(C)c2ccccc12)N1CCNCC1.Cl.Cl. The fraction of sp³-hybridized carbons (Fsp3) is 0.368. The number of piperazine rings is 1. The van der Waals surface area contributed by atoms with Crippen LogP contribution in [0.3, 0.4) is 0 Å². The molecule has 0 unspecified atom stereocenters. The van der Waals surface area contributed by atoms with E-state index < -0.39 is 0 Å². The van der Waals surface area contributed by atoms with Gasteiger partial charge in [0.05, 0.1) is 0 Å². The van der Waals surface area contributed by atoms with E-state index >= 15 is 0 Å². The lowest BCUT2D eigenvalue weighted by Gasteiger charge is -2.35. The van der Waals surface area contributed by atoms with E-state index in [1.54, 1.807) is 0 Å². The van der Waals surface area contributed by atoms with E-state index in [0.717, 1.165) is 32.6 Å². The molecular formula is C19H26Cl2N2. The van der Waals surface area contributed by atoms with Crippen molar-refractivity contribution < 1.29 is 0 Å². The second-order valence-electron chi connectivity index (χ2n) is 5.84. The molecule has 1 atom stereocenters. The van der Waals surface area contributed by atoms with Gasteiger partial charge in [0, 0.05) is 32.2 Å². The Morgan fingerprint density at radius 2 is 1.74 bits per heavy atom. The van der Waals surface area contributed by atoms with Gasteiger partial charge >= 0.3 is 0 Å². The van der Waals surface area contributed by atoms with Crippen LogP contribution in [0.4, 0.5) is 0 Å². The molecule has 4 heteroatoms. The Bertz CT molecular complexity index is 636. The van der Waals surface area contributed by atoms with Gasteiger partial charge in [-0.1, -0.05) is 42.5 Å². The average molecular weight is 353 g/mol. The van der Waals surface area contributed by atoms with Crippen molar-refractivity contribution in [2.75, 3.05) is 26.2 Å². The molecule has 1 saturated heterocycles. The maximum absolute atomic E-state index is 3.98. The van der Waals surface area contributed by atoms with Crippen molar-refractivity contribution in [1.82, 2.24) is 10.2 Å². The first-order chi connectivity index (χ1) is 10.3. The van der Waals surface area contributed by atoms with Crippen LogP contribution in [0.1, 0.15) is 23.6 Å². The summed E-state index contributed by atoms with van der Waals surface area (Å²) in [7, 11) is 0. The summed E-state index contributed by atoms with van der Waals surface area (Å²) in [5.74, 6) is 0. The smallest absolute Gasteiger partial charge is 0.0389 e. The van der Waals surface area contributed by atoms with Crippen molar-refractivity contribution >= 4 is 35.6 Å². The summed E-state index contributed by atoms with van der Waals surface area (Å²) in [6.07, 6.45) is 3.06. The second-order valence-corrected chi connectivity index (χ2v) is 5.84. The summed E-state index contributed by atoms with van der Waals surface area (Å²) in [5.41, 5.74) is 2.80. The molecule has 23 heavy (non-hydrogen) atoms. The molecule has 1 N–H and O–H groups in total. The van der Waals surface area contributed by atoms with E-state index in [2.05, 4.69) is 66.2 Å². The third-order valence-corrected chi connectivity index (χ3v) is 4.52. The minimum absolute atomic E-state index is 0. The fourth-order valence-corrected chi connectivity index (χ4v) is 3.39. The van der Waals surface area contributed by atoms with Crippen LogP contribution in [0.5, 0.6) is 0 Å². The molecular weight excluding hydrogens is 327 g/mol. The van der Waals surface area contributed by atoms with E-state index in [-0.39, 0.29) is 24.8 Å². The van der Waals surface area contributed by atoms with Gasteiger partial charge in [-0.3, -0.25) is 4.90 Å². The van der Waals surface area contributed by atoms with Gasteiger partial charge in [0.2, 0.25) is 0 Å². The van der Waals surface area contributed by atoms with Gasteiger partial charge in [-0.15, -0.1) is 31.4 Å². The fourth-order valence-electron chi connectivity index (χ4n) is 3.39. The van der Waals surface area contributed by atoms with Crippen LogP contribution in [-0.2, 0) is 0 Å². The summed E-state index contributed by atoms with van der Waals surface area (Å²) >= 11 is 0. The molecule has 0 spiro atoms. The normalized spacial score (nSPS) is 16.2. The Hall–Kier alpha value is -1.06. The molecule has 2 nitrogen and oxygen atoms in total. The van der Waals surface area contributed by atoms with Gasteiger partial charge in [-0.05, 0) is 35.2 Å². The maximum atomic E-state index is 3.98. The van der Waals surface area contributed by atoms with E-state index in [9.17, 15) is 0 Å². The van der Waals surface area contributed by atoms with Gasteiger partial charge in [-0.2, -0.15) is 0 Å². The zero-order chi connectivity index (χ0) is 14.7. The van der Waals surface area contributed by atoms with Crippen LogP contribution in [0.15, 0.2) is 49.1 Å². The first-order valence-electron chi connectivity index (χ1n) is 7.85. The number of halogens is 2. The first-order valence-corrected chi connectivity index (χ1v) is 7.85. The molecule has 1 aliphatic rings. The van der Waals surface area contributed by atoms with Crippen molar-refractivity contribution in [3.63, 3.8) is 0 Å². The number of nitrogens with zero attached hydrogens (tertiary/aromatic N) is 1. The Morgan fingerprint density at radius 3 is 2.39 bits per heavy atom. The lowest BCUT2D eigenvalue weighted by Crippen LogP contribution is -2.45. The molecule has 126 valence electrons. The molecule has 0 amide bonds. The maximum Gasteiger partial charge on any atom is 0.0389 e. The molecule has 0 saturated carbocycles. The van der Waals surface area contributed by atoms with Crippen LogP contribution < -0.4 is 5.32 Å². The lowest BCUT2D eigenvalue weighted by atomic mass is 9.93. The summed E-state index contributed by atoms with van der Waals surface area (Å²) in [5, 5.41) is 6.21. The number of aryl methyl sites for hydroxylation is 1. The molecule has 2 aromatic rings. The van der Waals surface area contributed by atoms with Crippen molar-refractivity contribution in [2.45, 2.75) is 19.4 Å². The van der Waals surface area contributed by atoms with E-state index in [1.807, 2.05) is 0 Å². The van der Waals surface area contributed by atoms with Gasteiger partial charge in [-0.25, -0.2) is 0 Å². The predicted molar refractivity (Wildman–Crippen MR) is 105 cm³/mol. The highest BCUT2D eigenvalue weighted by molar-refractivity contribution is 5.89. The topological polar surface area (TPSA) is 15.3 Å². The highest BCUT2D eigenvalue weighted by Crippen LogP contribution is 2.32. The van der Waals surface area contributed by atoms with Gasteiger partial charge in [0.15, 0.2) is 0 Å². The highest BCUT2D eigenvalue weighted by atomic mass is 35.5. The molecule has 1 fully saturated rings. The quantitative estimate of drug-likeness (QED) is 0.814. The lowest BCUT2D eigenvalue weighted by molar-refractivity contribution is 0.175. The van der Waals surface area contributed by atoms with Crippen molar-refractivity contribution in [3.8, 4) is 0 Å². The van der Waals surface area contributed by atoms with E-state index in [0.29, 0.717) is 6.04 Å². The summed E-state index contributed by atoms with van der Waals surface area (Å²) in [6, 6.07) is 13.8. The molecule has 3 rings (SSSR count). The third kappa shape index (κ3) is 4.27. The highest BCUT2D eigenvalue weighted by Gasteiger charge is 2.22. The van der Waals surface area contributed by atoms with Crippen LogP contribution in [0.25, 0.3) is 10.8 Å². The van der Waals surface area contributed by atoms with Crippen molar-refractivity contribution in [3.05, 3.63) is 60.2 Å². The zero-order valence-electron chi connectivity index (χ0n) is 13.6. The third-order valence-electron chi connectivity index (χ3n) is 4.52. The molecule has 0 aliphatic carbocycles. The molecule has 0 radical (unpaired) electrons. The van der Waals surface area contributed by atoms with Crippen LogP contribution in [0, 0.1) is 6.92 Å². The molecule has 2 aromatic carbocycles. The number of hydrogen-bond donors (Lipinski definition) is 1. The zero-order valence-corrected chi connectivity index (χ0v) is 15.3. The number of nitrogens with one attached hydrogen (secondary N) is 1. The van der Waals surface area contributed by atoms with Crippen molar-refractivity contribution in [1.29, 1.82) is 0 Å². The summed E-state index contributed by atoms with van der Waals surface area (Å²) in [4.78, 5) is 2.59. The Kier molecular flexibility index (Phi) is 8.07. The number of benzene rings is 2. The largest absolute Gasteiger partial charge is 0.314 e. The first kappa shape index (κ1) is 20.0. The van der Waals surface area contributed by atoms with Gasteiger partial charge in [0.1, 0.15) is 0 Å². The predicted octanol–water partition coefficient (Wildman–Crippen LogP) is 4.51. The minimum atomic E-state index is 0. The molecule has 0 bridgehead atoms. The second kappa shape index (κ2) is 9.29. The molecule has 0 aromatic heterocycles. The Morgan fingerprint density at radius 1 is 1.09 bits per heavy atom. The molecule has 1 heterocycles.